The van der Waals surface area contributed by atoms with Crippen LogP contribution >= 0.6 is 11.6 Å². The summed E-state index contributed by atoms with van der Waals surface area (Å²) in [6.45, 7) is -0.194. The van der Waals surface area contributed by atoms with Crippen molar-refractivity contribution in [2.75, 3.05) is 16.2 Å². The maximum atomic E-state index is 13.5. The van der Waals surface area contributed by atoms with Gasteiger partial charge in [0.25, 0.3) is 15.9 Å². The number of amides is 1. The number of hydrogen-bond acceptors (Lipinski definition) is 5. The quantitative estimate of drug-likeness (QED) is 0.323. The van der Waals surface area contributed by atoms with E-state index < -0.39 is 22.0 Å². The van der Waals surface area contributed by atoms with Crippen molar-refractivity contribution >= 4 is 60.8 Å². The Balaban J connectivity index is 1.30. The summed E-state index contributed by atoms with van der Waals surface area (Å²) in [4.78, 5) is 13.3. The molecule has 4 aromatic carbocycles. The normalized spacial score (nSPS) is 15.5. The Labute approximate surface area is 211 Å². The number of benzene rings is 4. The van der Waals surface area contributed by atoms with Crippen LogP contribution in [0.2, 0.25) is 5.02 Å². The van der Waals surface area contributed by atoms with Gasteiger partial charge in [-0.1, -0.05) is 41.9 Å². The molecule has 0 aliphatic carbocycles. The molecule has 0 radical (unpaired) electrons. The van der Waals surface area contributed by atoms with E-state index in [1.165, 1.54) is 28.6 Å². The fourth-order valence-corrected chi connectivity index (χ4v) is 5.93. The summed E-state index contributed by atoms with van der Waals surface area (Å²) in [6.07, 6.45) is -1.08. The van der Waals surface area contributed by atoms with Gasteiger partial charge in [0.05, 0.1) is 17.1 Å². The minimum Gasteiger partial charge on any atom is -0.476 e. The Hall–Kier alpha value is -4.01. The summed E-state index contributed by atoms with van der Waals surface area (Å²) in [6, 6.07) is 25.7. The van der Waals surface area contributed by atoms with Crippen molar-refractivity contribution in [3.63, 3.8) is 0 Å². The smallest absolute Gasteiger partial charge is 0.267 e. The summed E-state index contributed by atoms with van der Waals surface area (Å²) in [7, 11) is -3.98. The molecule has 6 rings (SSSR count). The van der Waals surface area contributed by atoms with Gasteiger partial charge >= 0.3 is 0 Å². The highest BCUT2D eigenvalue weighted by Crippen LogP contribution is 2.37. The third-order valence-corrected chi connectivity index (χ3v) is 8.12. The molecule has 1 aliphatic rings. The van der Waals surface area contributed by atoms with Gasteiger partial charge in [-0.3, -0.25) is 9.10 Å². The average molecular weight is 519 g/mol. The number of furan rings is 1. The molecule has 0 spiro atoms. The standard InChI is InChI=1S/C27H19ClN2O5S/c28-17-9-12-19(13-10-17)36(32,33)30-16-26(35-24-8-4-2-6-22(24)30)27(31)29-18-11-14-21-20-5-1-3-7-23(20)34-25(21)15-18/h1-15,26H,16H2,(H,29,31)/t26-/m1/s1. The first-order valence-electron chi connectivity index (χ1n) is 11.2. The minimum atomic E-state index is -3.98. The first kappa shape index (κ1) is 22.5. The van der Waals surface area contributed by atoms with Gasteiger partial charge in [0.15, 0.2) is 6.10 Å². The van der Waals surface area contributed by atoms with Crippen LogP contribution < -0.4 is 14.4 Å². The number of hydrogen-bond donors (Lipinski definition) is 1. The van der Waals surface area contributed by atoms with Crippen molar-refractivity contribution in [1.29, 1.82) is 0 Å². The second kappa shape index (κ2) is 8.58. The van der Waals surface area contributed by atoms with E-state index in [9.17, 15) is 13.2 Å². The van der Waals surface area contributed by atoms with E-state index in [1.54, 1.807) is 36.4 Å². The highest BCUT2D eigenvalue weighted by atomic mass is 35.5. The topological polar surface area (TPSA) is 88.9 Å². The summed E-state index contributed by atoms with van der Waals surface area (Å²) in [5.74, 6) is -0.176. The number of halogens is 1. The van der Waals surface area contributed by atoms with E-state index in [1.807, 2.05) is 30.3 Å². The summed E-state index contributed by atoms with van der Waals surface area (Å²) < 4.78 is 40.0. The number of para-hydroxylation sites is 3. The number of anilines is 2. The molecule has 0 saturated heterocycles. The Morgan fingerprint density at radius 2 is 1.61 bits per heavy atom. The zero-order valence-corrected chi connectivity index (χ0v) is 20.3. The van der Waals surface area contributed by atoms with Crippen molar-refractivity contribution in [2.24, 2.45) is 0 Å². The van der Waals surface area contributed by atoms with Gasteiger partial charge in [-0.2, -0.15) is 0 Å². The highest BCUT2D eigenvalue weighted by Gasteiger charge is 2.37. The summed E-state index contributed by atoms with van der Waals surface area (Å²) >= 11 is 5.94. The molecule has 1 atom stereocenters. The second-order valence-electron chi connectivity index (χ2n) is 8.36. The highest BCUT2D eigenvalue weighted by molar-refractivity contribution is 7.92. The molecule has 1 aliphatic heterocycles. The molecule has 2 heterocycles. The van der Waals surface area contributed by atoms with Gasteiger partial charge in [-0.05, 0) is 54.6 Å². The van der Waals surface area contributed by atoms with Gasteiger partial charge in [0.1, 0.15) is 16.9 Å². The zero-order valence-electron chi connectivity index (χ0n) is 18.7. The van der Waals surface area contributed by atoms with Gasteiger partial charge in [-0.25, -0.2) is 8.42 Å². The first-order chi connectivity index (χ1) is 17.4. The summed E-state index contributed by atoms with van der Waals surface area (Å²) in [5, 5.41) is 5.18. The van der Waals surface area contributed by atoms with E-state index in [2.05, 4.69) is 5.32 Å². The van der Waals surface area contributed by atoms with Crippen LogP contribution in [0, 0.1) is 0 Å². The molecule has 0 bridgehead atoms. The molecule has 36 heavy (non-hydrogen) atoms. The van der Waals surface area contributed by atoms with Crippen LogP contribution in [0.4, 0.5) is 11.4 Å². The zero-order chi connectivity index (χ0) is 24.9. The lowest BCUT2D eigenvalue weighted by atomic mass is 10.1. The van der Waals surface area contributed by atoms with Gasteiger partial charge in [0.2, 0.25) is 0 Å². The van der Waals surface area contributed by atoms with Crippen molar-refractivity contribution in [1.82, 2.24) is 0 Å². The molecule has 180 valence electrons. The molecule has 1 N–H and O–H groups in total. The second-order valence-corrected chi connectivity index (χ2v) is 10.7. The predicted octanol–water partition coefficient (Wildman–Crippen LogP) is 5.83. The molecule has 0 saturated carbocycles. The fraction of sp³-hybridized carbons (Fsp3) is 0.0741. The van der Waals surface area contributed by atoms with E-state index in [-0.39, 0.29) is 11.4 Å². The van der Waals surface area contributed by atoms with Crippen LogP contribution in [0.1, 0.15) is 0 Å². The van der Waals surface area contributed by atoms with Crippen LogP contribution in [-0.4, -0.2) is 27.0 Å². The van der Waals surface area contributed by atoms with E-state index >= 15 is 0 Å². The van der Waals surface area contributed by atoms with E-state index in [0.29, 0.717) is 27.7 Å². The molecule has 0 fully saturated rings. The average Bonchev–Trinajstić information content (AvgIpc) is 3.26. The van der Waals surface area contributed by atoms with Crippen LogP contribution in [0.3, 0.4) is 0 Å². The Morgan fingerprint density at radius 1 is 0.889 bits per heavy atom. The van der Waals surface area contributed by atoms with Crippen molar-refractivity contribution < 1.29 is 22.4 Å². The van der Waals surface area contributed by atoms with Gasteiger partial charge < -0.3 is 14.5 Å². The number of fused-ring (bicyclic) bond motifs is 4. The van der Waals surface area contributed by atoms with Crippen LogP contribution in [0.5, 0.6) is 5.75 Å². The molecule has 9 heteroatoms. The largest absolute Gasteiger partial charge is 0.476 e. The van der Waals surface area contributed by atoms with E-state index in [4.69, 9.17) is 20.8 Å². The van der Waals surface area contributed by atoms with Crippen molar-refractivity contribution in [3.8, 4) is 5.75 Å². The maximum absolute atomic E-state index is 13.5. The number of ether oxygens (including phenoxy) is 1. The molecule has 7 nitrogen and oxygen atoms in total. The number of nitrogens with zero attached hydrogens (tertiary/aromatic N) is 1. The van der Waals surface area contributed by atoms with Crippen molar-refractivity contribution in [3.05, 3.63) is 96.0 Å². The van der Waals surface area contributed by atoms with Crippen molar-refractivity contribution in [2.45, 2.75) is 11.0 Å². The monoisotopic (exact) mass is 518 g/mol. The molecule has 1 amide bonds. The van der Waals surface area contributed by atoms with Crippen LogP contribution in [0.25, 0.3) is 21.9 Å². The van der Waals surface area contributed by atoms with Crippen LogP contribution in [-0.2, 0) is 14.8 Å². The third-order valence-electron chi connectivity index (χ3n) is 6.08. The number of nitrogens with one attached hydrogen (secondary N) is 1. The SMILES string of the molecule is O=C(Nc1ccc2c(c1)oc1ccccc12)[C@H]1CN(S(=O)(=O)c2ccc(Cl)cc2)c2ccccc2O1. The maximum Gasteiger partial charge on any atom is 0.267 e. The lowest BCUT2D eigenvalue weighted by Gasteiger charge is -2.34. The lowest BCUT2D eigenvalue weighted by molar-refractivity contribution is -0.122. The Kier molecular flexibility index (Phi) is 5.35. The molecule has 5 aromatic rings. The Morgan fingerprint density at radius 3 is 2.44 bits per heavy atom. The number of carbonyl (C=O) groups excluding carboxylic acids is 1. The predicted molar refractivity (Wildman–Crippen MR) is 139 cm³/mol. The number of sulfonamides is 1. The van der Waals surface area contributed by atoms with E-state index in [0.717, 1.165) is 16.4 Å². The molecular weight excluding hydrogens is 500 g/mol. The lowest BCUT2D eigenvalue weighted by Crippen LogP contribution is -2.48. The fourth-order valence-electron chi connectivity index (χ4n) is 4.33. The molecule has 0 unspecified atom stereocenters. The number of carbonyl (C=O) groups is 1. The van der Waals surface area contributed by atoms with Gasteiger partial charge in [0, 0.05) is 27.5 Å². The molecule has 1 aromatic heterocycles. The van der Waals surface area contributed by atoms with Crippen LogP contribution in [0.15, 0.2) is 100 Å². The third kappa shape index (κ3) is 3.84. The van der Waals surface area contributed by atoms with Gasteiger partial charge in [-0.15, -0.1) is 0 Å². The first-order valence-corrected chi connectivity index (χ1v) is 13.0. The minimum absolute atomic E-state index is 0.0677. The Bertz CT molecular complexity index is 1730. The number of rotatable bonds is 4. The molecular formula is C27H19ClN2O5S. The summed E-state index contributed by atoms with van der Waals surface area (Å²) in [5.41, 5.74) is 2.27.